The number of hydrogen-bond donors (Lipinski definition) is 1. The summed E-state index contributed by atoms with van der Waals surface area (Å²) in [5.74, 6) is 2.25. The second-order valence-corrected chi connectivity index (χ2v) is 5.80. The van der Waals surface area contributed by atoms with Crippen molar-refractivity contribution in [1.82, 2.24) is 0 Å². The number of aliphatic hydroxyl groups is 1. The van der Waals surface area contributed by atoms with E-state index in [4.69, 9.17) is 23.7 Å². The predicted molar refractivity (Wildman–Crippen MR) is 98.4 cm³/mol. The van der Waals surface area contributed by atoms with E-state index in [9.17, 15) is 5.11 Å². The number of aliphatic hydroxyl groups excluding tert-OH is 1. The van der Waals surface area contributed by atoms with E-state index in [0.29, 0.717) is 28.6 Å². The van der Waals surface area contributed by atoms with Crippen molar-refractivity contribution in [2.75, 3.05) is 35.2 Å². The van der Waals surface area contributed by atoms with E-state index in [1.54, 1.807) is 46.6 Å². The van der Waals surface area contributed by atoms with E-state index in [-0.39, 0.29) is 12.7 Å². The van der Waals surface area contributed by atoms with Gasteiger partial charge in [-0.25, -0.2) is 0 Å². The summed E-state index contributed by atoms with van der Waals surface area (Å²) in [6.45, 7) is 2.09. The lowest BCUT2D eigenvalue weighted by Gasteiger charge is -2.23. The first-order chi connectivity index (χ1) is 12.5. The van der Waals surface area contributed by atoms with Gasteiger partial charge in [0.25, 0.3) is 0 Å². The lowest BCUT2D eigenvalue weighted by molar-refractivity contribution is 0.0509. The van der Waals surface area contributed by atoms with E-state index in [2.05, 4.69) is 0 Å². The molecular formula is C20H26O6. The van der Waals surface area contributed by atoms with Crippen LogP contribution in [0, 0.1) is 0 Å². The molecule has 0 fully saturated rings. The van der Waals surface area contributed by atoms with Gasteiger partial charge < -0.3 is 28.8 Å². The van der Waals surface area contributed by atoms with Gasteiger partial charge in [-0.3, -0.25) is 0 Å². The minimum absolute atomic E-state index is 0.146. The number of hydrogen-bond acceptors (Lipinski definition) is 6. The third-order valence-electron chi connectivity index (χ3n) is 4.27. The first-order valence-electron chi connectivity index (χ1n) is 8.25. The topological polar surface area (TPSA) is 66.4 Å². The molecule has 0 aliphatic carbocycles. The third kappa shape index (κ3) is 4.39. The van der Waals surface area contributed by atoms with Crippen molar-refractivity contribution in [3.05, 3.63) is 47.5 Å². The summed E-state index contributed by atoms with van der Waals surface area (Å²) in [5.41, 5.74) is 1.61. The molecule has 6 nitrogen and oxygen atoms in total. The quantitative estimate of drug-likeness (QED) is 0.689. The predicted octanol–water partition coefficient (Wildman–Crippen LogP) is 3.53. The van der Waals surface area contributed by atoms with Crippen LogP contribution in [0.4, 0.5) is 0 Å². The van der Waals surface area contributed by atoms with Crippen LogP contribution in [-0.4, -0.2) is 40.3 Å². The van der Waals surface area contributed by atoms with Gasteiger partial charge in [0.2, 0.25) is 0 Å². The second-order valence-electron chi connectivity index (χ2n) is 5.80. The van der Waals surface area contributed by atoms with Gasteiger partial charge in [-0.1, -0.05) is 13.0 Å². The Kier molecular flexibility index (Phi) is 7.12. The van der Waals surface area contributed by atoms with Crippen LogP contribution in [0.1, 0.15) is 30.1 Å². The molecule has 0 heterocycles. The molecule has 26 heavy (non-hydrogen) atoms. The van der Waals surface area contributed by atoms with Gasteiger partial charge in [-0.05, 0) is 29.8 Å². The van der Waals surface area contributed by atoms with Gasteiger partial charge in [-0.15, -0.1) is 0 Å². The Morgan fingerprint density at radius 2 is 1.54 bits per heavy atom. The Labute approximate surface area is 154 Å². The third-order valence-corrected chi connectivity index (χ3v) is 4.27. The van der Waals surface area contributed by atoms with Crippen LogP contribution in [-0.2, 0) is 4.74 Å². The average molecular weight is 362 g/mol. The van der Waals surface area contributed by atoms with Gasteiger partial charge in [0.05, 0.1) is 27.4 Å². The Hall–Kier alpha value is -2.44. The van der Waals surface area contributed by atoms with E-state index in [1.165, 1.54) is 0 Å². The van der Waals surface area contributed by atoms with Gasteiger partial charge >= 0.3 is 0 Å². The number of benzene rings is 2. The Morgan fingerprint density at radius 1 is 0.846 bits per heavy atom. The largest absolute Gasteiger partial charge is 0.496 e. The van der Waals surface area contributed by atoms with E-state index in [0.717, 1.165) is 5.56 Å². The van der Waals surface area contributed by atoms with Crippen LogP contribution in [0.15, 0.2) is 36.4 Å². The molecule has 6 heteroatoms. The summed E-state index contributed by atoms with van der Waals surface area (Å²) in [6, 6.07) is 10.9. The van der Waals surface area contributed by atoms with Crippen molar-refractivity contribution in [3.63, 3.8) is 0 Å². The molecule has 0 spiro atoms. The van der Waals surface area contributed by atoms with Crippen LogP contribution in [0.2, 0.25) is 0 Å². The maximum absolute atomic E-state index is 10.9. The highest BCUT2D eigenvalue weighted by atomic mass is 16.7. The minimum atomic E-state index is -0.764. The Morgan fingerprint density at radius 3 is 2.15 bits per heavy atom. The van der Waals surface area contributed by atoms with E-state index < -0.39 is 6.10 Å². The van der Waals surface area contributed by atoms with Crippen molar-refractivity contribution in [1.29, 1.82) is 0 Å². The van der Waals surface area contributed by atoms with Gasteiger partial charge in [-0.2, -0.15) is 0 Å². The van der Waals surface area contributed by atoms with Crippen molar-refractivity contribution < 1.29 is 28.8 Å². The number of rotatable bonds is 9. The SMILES string of the molecule is COCOc1ccc(C(O)C(C)c2ccc(OC)c(OC)c2)c(OC)c1. The molecule has 0 aliphatic rings. The molecule has 2 atom stereocenters. The highest BCUT2D eigenvalue weighted by molar-refractivity contribution is 5.46. The Bertz CT molecular complexity index is 715. The molecule has 2 aromatic rings. The molecule has 0 aliphatic heterocycles. The standard InChI is InChI=1S/C20H26O6/c1-13(14-6-9-17(23-3)19(10-14)25-5)20(21)16-8-7-15(26-12-22-2)11-18(16)24-4/h6-11,13,20-21H,12H2,1-5H3. The van der Waals surface area contributed by atoms with Gasteiger partial charge in [0.1, 0.15) is 11.5 Å². The smallest absolute Gasteiger partial charge is 0.188 e. The summed E-state index contributed by atoms with van der Waals surface area (Å²) >= 11 is 0. The fourth-order valence-corrected chi connectivity index (χ4v) is 2.74. The number of methoxy groups -OCH3 is 4. The molecule has 2 unspecified atom stereocenters. The summed E-state index contributed by atoms with van der Waals surface area (Å²) in [7, 11) is 6.30. The van der Waals surface area contributed by atoms with Gasteiger partial charge in [0.15, 0.2) is 18.3 Å². The molecule has 142 valence electrons. The fraction of sp³-hybridized carbons (Fsp3) is 0.400. The van der Waals surface area contributed by atoms with Crippen LogP contribution in [0.25, 0.3) is 0 Å². The second kappa shape index (κ2) is 9.31. The van der Waals surface area contributed by atoms with E-state index in [1.807, 2.05) is 25.1 Å². The Balaban J connectivity index is 2.28. The molecular weight excluding hydrogens is 336 g/mol. The van der Waals surface area contributed by atoms with Crippen molar-refractivity contribution in [3.8, 4) is 23.0 Å². The highest BCUT2D eigenvalue weighted by Crippen LogP contribution is 2.39. The summed E-state index contributed by atoms with van der Waals surface area (Å²) < 4.78 is 26.4. The molecule has 0 saturated carbocycles. The zero-order valence-electron chi connectivity index (χ0n) is 15.8. The maximum atomic E-state index is 10.9. The molecule has 0 aromatic heterocycles. The fourth-order valence-electron chi connectivity index (χ4n) is 2.74. The first kappa shape index (κ1) is 19.9. The van der Waals surface area contributed by atoms with Gasteiger partial charge in [0, 0.05) is 24.7 Å². The van der Waals surface area contributed by atoms with Crippen molar-refractivity contribution in [2.45, 2.75) is 18.9 Å². The average Bonchev–Trinajstić information content (AvgIpc) is 2.70. The van der Waals surface area contributed by atoms with Crippen molar-refractivity contribution >= 4 is 0 Å². The van der Waals surface area contributed by atoms with Crippen LogP contribution >= 0.6 is 0 Å². The zero-order chi connectivity index (χ0) is 19.1. The molecule has 2 aromatic carbocycles. The van der Waals surface area contributed by atoms with Crippen LogP contribution in [0.3, 0.4) is 0 Å². The monoisotopic (exact) mass is 362 g/mol. The molecule has 2 rings (SSSR count). The number of ether oxygens (including phenoxy) is 5. The lowest BCUT2D eigenvalue weighted by atomic mass is 9.90. The molecule has 0 amide bonds. The summed E-state index contributed by atoms with van der Waals surface area (Å²) in [6.07, 6.45) is -0.764. The molecule has 0 saturated heterocycles. The lowest BCUT2D eigenvalue weighted by Crippen LogP contribution is -2.10. The maximum Gasteiger partial charge on any atom is 0.188 e. The normalized spacial score (nSPS) is 13.0. The highest BCUT2D eigenvalue weighted by Gasteiger charge is 2.23. The molecule has 0 radical (unpaired) electrons. The summed E-state index contributed by atoms with van der Waals surface area (Å²) in [5, 5.41) is 10.9. The molecule has 1 N–H and O–H groups in total. The van der Waals surface area contributed by atoms with Crippen LogP contribution in [0.5, 0.6) is 23.0 Å². The first-order valence-corrected chi connectivity index (χ1v) is 8.25. The van der Waals surface area contributed by atoms with E-state index >= 15 is 0 Å². The molecule has 0 bridgehead atoms. The minimum Gasteiger partial charge on any atom is -0.496 e. The summed E-state index contributed by atoms with van der Waals surface area (Å²) in [4.78, 5) is 0. The van der Waals surface area contributed by atoms with Crippen LogP contribution < -0.4 is 18.9 Å². The zero-order valence-corrected chi connectivity index (χ0v) is 15.8. The van der Waals surface area contributed by atoms with Crippen molar-refractivity contribution in [2.24, 2.45) is 0 Å².